The molecule has 3 rings (SSSR count). The number of carbonyl (C=O) groups is 2. The second-order valence-electron chi connectivity index (χ2n) is 6.76. The Hall–Kier alpha value is -3.29. The minimum Gasteiger partial charge on any atom is -0.495 e. The summed E-state index contributed by atoms with van der Waals surface area (Å²) in [6.07, 6.45) is 2.72. The number of ether oxygens (including phenoxy) is 2. The molecule has 0 fully saturated rings. The van der Waals surface area contributed by atoms with Crippen LogP contribution in [-0.2, 0) is 20.9 Å². The fourth-order valence-electron chi connectivity index (χ4n) is 2.89. The lowest BCUT2D eigenvalue weighted by atomic mass is 10.2. The normalized spacial score (nSPS) is 10.9. The number of aromatic nitrogens is 2. The lowest BCUT2D eigenvalue weighted by molar-refractivity contribution is -0.142. The predicted molar refractivity (Wildman–Crippen MR) is 124 cm³/mol. The molecule has 1 amide bonds. The molecule has 1 N–H and O–H groups in total. The van der Waals surface area contributed by atoms with E-state index in [0.717, 1.165) is 5.56 Å². The molecule has 1 heterocycles. The van der Waals surface area contributed by atoms with Crippen LogP contribution in [0.15, 0.2) is 54.6 Å². The molecule has 0 unspecified atom stereocenters. The van der Waals surface area contributed by atoms with Gasteiger partial charge in [0.25, 0.3) is 5.91 Å². The number of para-hydroxylation sites is 2. The average molecular weight is 474 g/mol. The van der Waals surface area contributed by atoms with Crippen LogP contribution < -0.4 is 10.1 Å². The standard InChI is InChI=1S/C23H21Cl2N3O4/c1-15-18(23(25)28(27-15)13-16-7-9-17(24)10-8-16)11-12-22(30)32-14-21(29)26-19-5-3-4-6-20(19)31-2/h3-12H,13-14H2,1-2H3,(H,26,29)/b12-11+. The Morgan fingerprint density at radius 1 is 1.12 bits per heavy atom. The number of carbonyl (C=O) groups excluding carboxylic acids is 2. The summed E-state index contributed by atoms with van der Waals surface area (Å²) in [7, 11) is 1.50. The molecule has 0 radical (unpaired) electrons. The summed E-state index contributed by atoms with van der Waals surface area (Å²) in [6, 6.07) is 14.3. The van der Waals surface area contributed by atoms with E-state index in [2.05, 4.69) is 10.4 Å². The van der Waals surface area contributed by atoms with Gasteiger partial charge in [-0.05, 0) is 42.8 Å². The minimum absolute atomic E-state index is 0.385. The molecule has 0 aliphatic heterocycles. The van der Waals surface area contributed by atoms with Gasteiger partial charge in [-0.2, -0.15) is 5.10 Å². The number of amides is 1. The average Bonchev–Trinajstić information content (AvgIpc) is 3.05. The summed E-state index contributed by atoms with van der Waals surface area (Å²) in [5.41, 5.74) is 2.72. The number of benzene rings is 2. The molecule has 3 aromatic rings. The zero-order valence-electron chi connectivity index (χ0n) is 17.5. The number of nitrogens with zero attached hydrogens (tertiary/aromatic N) is 2. The van der Waals surface area contributed by atoms with Crippen molar-refractivity contribution >= 4 is 46.8 Å². The highest BCUT2D eigenvalue weighted by Gasteiger charge is 2.13. The van der Waals surface area contributed by atoms with Crippen molar-refractivity contribution in [1.29, 1.82) is 0 Å². The monoisotopic (exact) mass is 473 g/mol. The van der Waals surface area contributed by atoms with Gasteiger partial charge in [-0.1, -0.05) is 47.5 Å². The van der Waals surface area contributed by atoms with Gasteiger partial charge >= 0.3 is 5.97 Å². The predicted octanol–water partition coefficient (Wildman–Crippen LogP) is 4.75. The Labute approximate surface area is 195 Å². The smallest absolute Gasteiger partial charge is 0.331 e. The van der Waals surface area contributed by atoms with E-state index in [1.165, 1.54) is 19.3 Å². The number of esters is 1. The topological polar surface area (TPSA) is 82.4 Å². The molecule has 2 aromatic carbocycles. The number of rotatable bonds is 8. The van der Waals surface area contributed by atoms with Crippen LogP contribution in [0, 0.1) is 6.92 Å². The Bertz CT molecular complexity index is 1140. The van der Waals surface area contributed by atoms with Gasteiger partial charge in [-0.3, -0.25) is 4.79 Å². The molecule has 0 bridgehead atoms. The van der Waals surface area contributed by atoms with E-state index < -0.39 is 18.5 Å². The van der Waals surface area contributed by atoms with Crippen molar-refractivity contribution < 1.29 is 19.1 Å². The summed E-state index contributed by atoms with van der Waals surface area (Å²) in [6.45, 7) is 1.80. The molecular formula is C23H21Cl2N3O4. The first-order valence-corrected chi connectivity index (χ1v) is 10.4. The molecule has 32 heavy (non-hydrogen) atoms. The highest BCUT2D eigenvalue weighted by Crippen LogP contribution is 2.24. The lowest BCUT2D eigenvalue weighted by Crippen LogP contribution is -2.20. The van der Waals surface area contributed by atoms with Crippen LogP contribution in [0.4, 0.5) is 5.69 Å². The van der Waals surface area contributed by atoms with E-state index in [9.17, 15) is 9.59 Å². The summed E-state index contributed by atoms with van der Waals surface area (Å²) in [4.78, 5) is 24.1. The Morgan fingerprint density at radius 3 is 2.56 bits per heavy atom. The summed E-state index contributed by atoms with van der Waals surface area (Å²) in [5, 5.41) is 8.08. The van der Waals surface area contributed by atoms with Crippen LogP contribution in [-0.4, -0.2) is 35.4 Å². The largest absolute Gasteiger partial charge is 0.495 e. The SMILES string of the molecule is COc1ccccc1NC(=O)COC(=O)/C=C/c1c(C)nn(Cc2ccc(Cl)cc2)c1Cl. The molecule has 7 nitrogen and oxygen atoms in total. The van der Waals surface area contributed by atoms with Gasteiger partial charge in [0.15, 0.2) is 6.61 Å². The minimum atomic E-state index is -0.680. The first kappa shape index (κ1) is 23.4. The second kappa shape index (κ2) is 10.8. The van der Waals surface area contributed by atoms with E-state index in [-0.39, 0.29) is 0 Å². The van der Waals surface area contributed by atoms with Gasteiger partial charge in [-0.15, -0.1) is 0 Å². The fraction of sp³-hybridized carbons (Fsp3) is 0.174. The summed E-state index contributed by atoms with van der Waals surface area (Å²) < 4.78 is 11.8. The third-order valence-corrected chi connectivity index (χ3v) is 5.12. The Kier molecular flexibility index (Phi) is 7.92. The van der Waals surface area contributed by atoms with Crippen LogP contribution in [0.3, 0.4) is 0 Å². The molecule has 0 spiro atoms. The lowest BCUT2D eigenvalue weighted by Gasteiger charge is -2.09. The van der Waals surface area contributed by atoms with Crippen LogP contribution >= 0.6 is 23.2 Å². The van der Waals surface area contributed by atoms with Gasteiger partial charge < -0.3 is 14.8 Å². The zero-order valence-corrected chi connectivity index (χ0v) is 19.0. The Balaban J connectivity index is 1.57. The van der Waals surface area contributed by atoms with E-state index in [1.807, 2.05) is 12.1 Å². The van der Waals surface area contributed by atoms with Gasteiger partial charge in [0, 0.05) is 16.7 Å². The molecule has 0 saturated carbocycles. The van der Waals surface area contributed by atoms with E-state index in [4.69, 9.17) is 32.7 Å². The maximum Gasteiger partial charge on any atom is 0.331 e. The van der Waals surface area contributed by atoms with Crippen LogP contribution in [0.1, 0.15) is 16.8 Å². The molecule has 0 atom stereocenters. The van der Waals surface area contributed by atoms with Crippen molar-refractivity contribution in [2.24, 2.45) is 0 Å². The molecular weight excluding hydrogens is 453 g/mol. The highest BCUT2D eigenvalue weighted by molar-refractivity contribution is 6.31. The number of halogens is 2. The first-order chi connectivity index (χ1) is 15.4. The van der Waals surface area contributed by atoms with Gasteiger partial charge in [0.2, 0.25) is 0 Å². The van der Waals surface area contributed by atoms with Gasteiger partial charge in [-0.25, -0.2) is 9.48 Å². The van der Waals surface area contributed by atoms with E-state index in [0.29, 0.717) is 39.4 Å². The molecule has 0 aliphatic carbocycles. The fourth-order valence-corrected chi connectivity index (χ4v) is 3.32. The number of anilines is 1. The summed E-state index contributed by atoms with van der Waals surface area (Å²) >= 11 is 12.3. The number of hydrogen-bond acceptors (Lipinski definition) is 5. The van der Waals surface area contributed by atoms with Crippen molar-refractivity contribution in [2.45, 2.75) is 13.5 Å². The van der Waals surface area contributed by atoms with Crippen molar-refractivity contribution in [2.75, 3.05) is 19.0 Å². The van der Waals surface area contributed by atoms with Crippen molar-refractivity contribution in [1.82, 2.24) is 9.78 Å². The zero-order chi connectivity index (χ0) is 23.1. The quantitative estimate of drug-likeness (QED) is 0.377. The number of aryl methyl sites for hydroxylation is 1. The van der Waals surface area contributed by atoms with Crippen molar-refractivity contribution in [3.63, 3.8) is 0 Å². The van der Waals surface area contributed by atoms with Crippen LogP contribution in [0.5, 0.6) is 5.75 Å². The van der Waals surface area contributed by atoms with Gasteiger partial charge in [0.05, 0.1) is 25.0 Å². The first-order valence-electron chi connectivity index (χ1n) is 9.62. The number of methoxy groups -OCH3 is 1. The number of hydrogen-bond donors (Lipinski definition) is 1. The van der Waals surface area contributed by atoms with Crippen LogP contribution in [0.2, 0.25) is 10.2 Å². The highest BCUT2D eigenvalue weighted by atomic mass is 35.5. The molecule has 166 valence electrons. The maximum absolute atomic E-state index is 12.1. The molecule has 9 heteroatoms. The Morgan fingerprint density at radius 2 is 1.84 bits per heavy atom. The molecule has 0 aliphatic rings. The molecule has 1 aromatic heterocycles. The van der Waals surface area contributed by atoms with E-state index in [1.54, 1.807) is 48.0 Å². The maximum atomic E-state index is 12.1. The second-order valence-corrected chi connectivity index (χ2v) is 7.56. The van der Waals surface area contributed by atoms with Crippen LogP contribution in [0.25, 0.3) is 6.08 Å². The third kappa shape index (κ3) is 6.12. The van der Waals surface area contributed by atoms with Crippen molar-refractivity contribution in [3.8, 4) is 5.75 Å². The molecule has 0 saturated heterocycles. The van der Waals surface area contributed by atoms with Crippen molar-refractivity contribution in [3.05, 3.63) is 81.6 Å². The van der Waals surface area contributed by atoms with Gasteiger partial charge in [0.1, 0.15) is 10.9 Å². The number of nitrogens with one attached hydrogen (secondary N) is 1. The van der Waals surface area contributed by atoms with E-state index >= 15 is 0 Å². The third-order valence-electron chi connectivity index (χ3n) is 4.47. The summed E-state index contributed by atoms with van der Waals surface area (Å²) in [5.74, 6) is -0.657.